The molecule has 8 heteroatoms. The predicted octanol–water partition coefficient (Wildman–Crippen LogP) is 14.4. The zero-order valence-electron chi connectivity index (χ0n) is 46.7. The molecule has 0 aliphatic heterocycles. The molecule has 0 saturated heterocycles. The van der Waals surface area contributed by atoms with Gasteiger partial charge in [0, 0.05) is 52.3 Å². The molecule has 400 valence electrons. The Morgan fingerprint density at radius 2 is 0.974 bits per heavy atom. The lowest BCUT2D eigenvalue weighted by molar-refractivity contribution is -0.140. The second-order valence-electron chi connectivity index (χ2n) is 21.7. The number of aryl methyl sites for hydroxylation is 3. The molecular weight excluding hydrogens is 941 g/mol. The highest BCUT2D eigenvalue weighted by Gasteiger charge is 2.34. The Kier molecular flexibility index (Phi) is 19.7. The van der Waals surface area contributed by atoms with Crippen molar-refractivity contribution in [3.63, 3.8) is 0 Å². The van der Waals surface area contributed by atoms with Gasteiger partial charge in [-0.2, -0.15) is 0 Å². The molecule has 4 aromatic carbocycles. The first kappa shape index (κ1) is 57.3. The highest BCUT2D eigenvalue weighted by Crippen LogP contribution is 2.42. The number of hydrogen-bond donors (Lipinski definition) is 2. The van der Waals surface area contributed by atoms with Crippen LogP contribution in [0.4, 0.5) is 0 Å². The van der Waals surface area contributed by atoms with Crippen LogP contribution in [-0.4, -0.2) is 57.5 Å². The van der Waals surface area contributed by atoms with Gasteiger partial charge in [0.15, 0.2) is 0 Å². The summed E-state index contributed by atoms with van der Waals surface area (Å²) in [5, 5.41) is 21.8. The van der Waals surface area contributed by atoms with E-state index in [0.29, 0.717) is 0 Å². The number of methoxy groups -OCH3 is 2. The van der Waals surface area contributed by atoms with E-state index in [-0.39, 0.29) is 35.6 Å². The molecule has 2 aromatic heterocycles. The van der Waals surface area contributed by atoms with E-state index in [1.54, 1.807) is 12.4 Å². The van der Waals surface area contributed by atoms with E-state index < -0.39 is 11.2 Å². The smallest absolute Gasteiger partial charge is 0.310 e. The zero-order valence-corrected chi connectivity index (χ0v) is 46.7. The maximum Gasteiger partial charge on any atom is 0.310 e. The van der Waals surface area contributed by atoms with Crippen molar-refractivity contribution in [2.45, 2.75) is 179 Å². The van der Waals surface area contributed by atoms with E-state index in [1.807, 2.05) is 24.5 Å². The molecule has 2 saturated carbocycles. The standard InChI is InChI=1S/C34H43NO3.C34H39NO3/c2*1-5-34(6-2,31-15-10-27(25(3)20-31)16-19-33(37)17-8-7-9-18-33)30-13-11-28(12-14-30)29-21-26(23-35-24-29)22-32(36)38-4/h10-15,20-21,23-24,37H,5-9,16-19,22H2,1-4H3;10-15,20-21,23-24,37H,5-9,17-18,22H2,1-4H3. The van der Waals surface area contributed by atoms with Crippen molar-refractivity contribution in [1.82, 2.24) is 9.97 Å². The summed E-state index contributed by atoms with van der Waals surface area (Å²) in [6, 6.07) is 35.2. The Hall–Kier alpha value is -6.40. The van der Waals surface area contributed by atoms with Crippen LogP contribution in [0.2, 0.25) is 0 Å². The SMILES string of the molecule is CCC(CC)(c1ccc(-c2cncc(CC(=O)OC)c2)cc1)c1ccc(C#CC2(O)CCCCC2)c(C)c1.CCC(CC)(c1ccc(-c2cncc(CC(=O)OC)c2)cc1)c1ccc(CCC2(O)CCCCC2)c(C)c1. The minimum absolute atomic E-state index is 0.0611. The third-order valence-corrected chi connectivity index (χ3v) is 17.1. The summed E-state index contributed by atoms with van der Waals surface area (Å²) >= 11 is 0. The second kappa shape index (κ2) is 26.1. The normalized spacial score (nSPS) is 15.1. The maximum absolute atomic E-state index is 11.7. The first-order valence-corrected chi connectivity index (χ1v) is 28.1. The number of aromatic nitrogens is 2. The van der Waals surface area contributed by atoms with Gasteiger partial charge in [-0.05, 0) is 170 Å². The number of benzene rings is 4. The average molecular weight is 1020 g/mol. The monoisotopic (exact) mass is 1020 g/mol. The van der Waals surface area contributed by atoms with Gasteiger partial charge in [-0.15, -0.1) is 0 Å². The number of nitrogens with zero attached hydrogens (tertiary/aromatic N) is 2. The minimum Gasteiger partial charge on any atom is -0.469 e. The lowest BCUT2D eigenvalue weighted by atomic mass is 9.70. The molecule has 2 fully saturated rings. The molecule has 0 atom stereocenters. The van der Waals surface area contributed by atoms with Crippen LogP contribution in [0.25, 0.3) is 22.3 Å². The van der Waals surface area contributed by atoms with E-state index in [4.69, 9.17) is 9.47 Å². The second-order valence-corrected chi connectivity index (χ2v) is 21.7. The third-order valence-electron chi connectivity index (χ3n) is 17.1. The topological polar surface area (TPSA) is 119 Å². The van der Waals surface area contributed by atoms with E-state index in [1.165, 1.54) is 60.4 Å². The highest BCUT2D eigenvalue weighted by atomic mass is 16.5. The molecule has 0 bridgehead atoms. The van der Waals surface area contributed by atoms with Crippen molar-refractivity contribution in [2.75, 3.05) is 14.2 Å². The van der Waals surface area contributed by atoms with Crippen LogP contribution in [0.1, 0.15) is 180 Å². The van der Waals surface area contributed by atoms with Gasteiger partial charge in [0.25, 0.3) is 0 Å². The van der Waals surface area contributed by atoms with Gasteiger partial charge in [0.05, 0.1) is 32.7 Å². The molecule has 2 N–H and O–H groups in total. The first-order chi connectivity index (χ1) is 36.6. The number of aliphatic hydroxyl groups is 2. The Morgan fingerprint density at radius 1 is 0.539 bits per heavy atom. The number of esters is 2. The number of pyridine rings is 2. The summed E-state index contributed by atoms with van der Waals surface area (Å²) in [6.45, 7) is 13.4. The lowest BCUT2D eigenvalue weighted by Crippen LogP contribution is -2.31. The van der Waals surface area contributed by atoms with E-state index >= 15 is 0 Å². The summed E-state index contributed by atoms with van der Waals surface area (Å²) in [6.07, 6.45) is 23.6. The molecule has 0 radical (unpaired) electrons. The van der Waals surface area contributed by atoms with Crippen LogP contribution in [0.15, 0.2) is 122 Å². The lowest BCUT2D eigenvalue weighted by Gasteiger charge is -2.34. The molecular formula is C68H82N2O6. The van der Waals surface area contributed by atoms with Gasteiger partial charge in [0.1, 0.15) is 5.60 Å². The third kappa shape index (κ3) is 13.8. The van der Waals surface area contributed by atoms with Crippen LogP contribution in [0, 0.1) is 25.7 Å². The van der Waals surface area contributed by atoms with Crippen LogP contribution in [0.5, 0.6) is 0 Å². The molecule has 0 unspecified atom stereocenters. The summed E-state index contributed by atoms with van der Waals surface area (Å²) in [5.41, 5.74) is 14.4. The minimum atomic E-state index is -0.837. The Morgan fingerprint density at radius 3 is 1.41 bits per heavy atom. The fraction of sp³-hybridized carbons (Fsp3) is 0.441. The maximum atomic E-state index is 11.7. The number of hydrogen-bond acceptors (Lipinski definition) is 8. The van der Waals surface area contributed by atoms with Crippen LogP contribution < -0.4 is 0 Å². The van der Waals surface area contributed by atoms with Gasteiger partial charge in [-0.3, -0.25) is 19.6 Å². The molecule has 8 rings (SSSR count). The molecule has 2 aliphatic carbocycles. The molecule has 0 spiro atoms. The van der Waals surface area contributed by atoms with Crippen LogP contribution in [-0.2, 0) is 49.2 Å². The average Bonchev–Trinajstić information content (AvgIpc) is 3.47. The molecule has 0 amide bonds. The van der Waals surface area contributed by atoms with Crippen LogP contribution >= 0.6 is 0 Å². The Labute approximate surface area is 454 Å². The first-order valence-electron chi connectivity index (χ1n) is 28.1. The van der Waals surface area contributed by atoms with Crippen molar-refractivity contribution < 1.29 is 29.3 Å². The van der Waals surface area contributed by atoms with E-state index in [9.17, 15) is 19.8 Å². The van der Waals surface area contributed by atoms with Crippen LogP contribution in [0.3, 0.4) is 0 Å². The molecule has 2 aliphatic rings. The summed E-state index contributed by atoms with van der Waals surface area (Å²) in [5.74, 6) is 5.94. The van der Waals surface area contributed by atoms with Crippen molar-refractivity contribution in [3.8, 4) is 34.1 Å². The van der Waals surface area contributed by atoms with Gasteiger partial charge < -0.3 is 19.7 Å². The fourth-order valence-electron chi connectivity index (χ4n) is 12.0. The summed E-state index contributed by atoms with van der Waals surface area (Å²) < 4.78 is 9.60. The van der Waals surface area contributed by atoms with Crippen molar-refractivity contribution >= 4 is 11.9 Å². The van der Waals surface area contributed by atoms with Gasteiger partial charge in [-0.25, -0.2) is 0 Å². The summed E-state index contributed by atoms with van der Waals surface area (Å²) in [7, 11) is 2.80. The largest absolute Gasteiger partial charge is 0.469 e. The number of ether oxygens (including phenoxy) is 2. The fourth-order valence-corrected chi connectivity index (χ4v) is 12.0. The predicted molar refractivity (Wildman–Crippen MR) is 307 cm³/mol. The quantitative estimate of drug-likeness (QED) is 0.0685. The molecule has 2 heterocycles. The summed E-state index contributed by atoms with van der Waals surface area (Å²) in [4.78, 5) is 32.1. The zero-order chi connectivity index (χ0) is 54.4. The Bertz CT molecular complexity index is 2940. The van der Waals surface area contributed by atoms with Gasteiger partial charge in [0.2, 0.25) is 0 Å². The van der Waals surface area contributed by atoms with Crippen molar-refractivity contribution in [1.29, 1.82) is 0 Å². The van der Waals surface area contributed by atoms with E-state index in [0.717, 1.165) is 134 Å². The van der Waals surface area contributed by atoms with Crippen molar-refractivity contribution in [3.05, 3.63) is 177 Å². The van der Waals surface area contributed by atoms with Gasteiger partial charge >= 0.3 is 11.9 Å². The highest BCUT2D eigenvalue weighted by molar-refractivity contribution is 5.74. The number of carbonyl (C=O) groups is 2. The molecule has 6 aromatic rings. The molecule has 8 nitrogen and oxygen atoms in total. The van der Waals surface area contributed by atoms with Crippen molar-refractivity contribution in [2.24, 2.45) is 0 Å². The number of rotatable bonds is 17. The van der Waals surface area contributed by atoms with Gasteiger partial charge in [-0.1, -0.05) is 144 Å². The Balaban J connectivity index is 0.000000221. The van der Waals surface area contributed by atoms with E-state index in [2.05, 4.69) is 148 Å². The molecule has 76 heavy (non-hydrogen) atoms. The number of carbonyl (C=O) groups excluding carboxylic acids is 2.